The van der Waals surface area contributed by atoms with Gasteiger partial charge in [0, 0.05) is 55.8 Å². The monoisotopic (exact) mass is 446 g/mol. The third-order valence-corrected chi connectivity index (χ3v) is 5.41. The van der Waals surface area contributed by atoms with Gasteiger partial charge in [0.2, 0.25) is 0 Å². The van der Waals surface area contributed by atoms with E-state index in [0.29, 0.717) is 18.2 Å². The maximum Gasteiger partial charge on any atom is 0.387 e. The summed E-state index contributed by atoms with van der Waals surface area (Å²) in [7, 11) is 1.74. The number of nitrogens with zero attached hydrogens (tertiary/aromatic N) is 3. The van der Waals surface area contributed by atoms with Gasteiger partial charge in [0.15, 0.2) is 5.96 Å². The molecule has 2 fully saturated rings. The molecule has 1 aromatic rings. The molecule has 0 spiro atoms. The number of aliphatic imine (C=N–C) groups is 1. The highest BCUT2D eigenvalue weighted by Crippen LogP contribution is 2.25. The van der Waals surface area contributed by atoms with Crippen molar-refractivity contribution in [2.75, 3.05) is 46.4 Å². The van der Waals surface area contributed by atoms with Crippen LogP contribution in [0, 0.1) is 0 Å². The van der Waals surface area contributed by atoms with Crippen LogP contribution in [0.15, 0.2) is 27.7 Å². The van der Waals surface area contributed by atoms with E-state index in [1.54, 1.807) is 25.2 Å². The normalized spacial score (nSPS) is 21.7. The molecule has 1 unspecified atom stereocenters. The van der Waals surface area contributed by atoms with Crippen molar-refractivity contribution in [3.8, 4) is 5.75 Å². The van der Waals surface area contributed by atoms with E-state index in [0.717, 1.165) is 56.2 Å². The predicted octanol–water partition coefficient (Wildman–Crippen LogP) is 2.53. The van der Waals surface area contributed by atoms with E-state index in [2.05, 4.69) is 40.8 Å². The van der Waals surface area contributed by atoms with Crippen molar-refractivity contribution < 1.29 is 18.3 Å². The minimum absolute atomic E-state index is 0.170. The number of alkyl halides is 2. The van der Waals surface area contributed by atoms with Gasteiger partial charge in [0.05, 0.1) is 13.2 Å². The molecule has 0 bridgehead atoms. The lowest BCUT2D eigenvalue weighted by atomic mass is 10.2. The van der Waals surface area contributed by atoms with Crippen molar-refractivity contribution in [1.82, 2.24) is 15.1 Å². The maximum absolute atomic E-state index is 12.6. The average molecular weight is 447 g/mol. The number of hydrogen-bond acceptors (Lipinski definition) is 4. The molecule has 27 heavy (non-hydrogen) atoms. The second-order valence-electron chi connectivity index (χ2n) is 6.57. The molecule has 3 rings (SSSR count). The lowest BCUT2D eigenvalue weighted by molar-refractivity contribution is -0.0504. The summed E-state index contributed by atoms with van der Waals surface area (Å²) in [5, 5.41) is 3.28. The van der Waals surface area contributed by atoms with Crippen molar-refractivity contribution in [3.05, 3.63) is 28.2 Å². The predicted molar refractivity (Wildman–Crippen MR) is 103 cm³/mol. The Balaban J connectivity index is 1.59. The number of hydrogen-bond donors (Lipinski definition) is 1. The van der Waals surface area contributed by atoms with Crippen LogP contribution in [0.5, 0.6) is 5.75 Å². The number of guanidine groups is 1. The molecule has 1 aromatic carbocycles. The number of ether oxygens (including phenoxy) is 2. The molecule has 1 atom stereocenters. The van der Waals surface area contributed by atoms with Gasteiger partial charge in [-0.15, -0.1) is 0 Å². The van der Waals surface area contributed by atoms with E-state index in [-0.39, 0.29) is 5.75 Å². The van der Waals surface area contributed by atoms with Gasteiger partial charge >= 0.3 is 6.61 Å². The first-order valence-electron chi connectivity index (χ1n) is 9.07. The zero-order valence-corrected chi connectivity index (χ0v) is 16.9. The van der Waals surface area contributed by atoms with Gasteiger partial charge in [0.1, 0.15) is 5.75 Å². The van der Waals surface area contributed by atoms with Crippen LogP contribution >= 0.6 is 15.9 Å². The molecule has 2 aliphatic rings. The Morgan fingerprint density at radius 1 is 1.37 bits per heavy atom. The summed E-state index contributed by atoms with van der Waals surface area (Å²) in [5.74, 6) is 0.942. The van der Waals surface area contributed by atoms with Gasteiger partial charge in [-0.25, -0.2) is 0 Å². The molecule has 9 heteroatoms. The topological polar surface area (TPSA) is 49.3 Å². The molecular formula is C18H25BrF2N4O2. The average Bonchev–Trinajstić information content (AvgIpc) is 3.15. The van der Waals surface area contributed by atoms with Crippen LogP contribution in [-0.4, -0.2) is 74.9 Å². The number of benzene rings is 1. The second kappa shape index (κ2) is 9.66. The van der Waals surface area contributed by atoms with Crippen LogP contribution in [-0.2, 0) is 11.3 Å². The minimum Gasteiger partial charge on any atom is -0.434 e. The fourth-order valence-corrected chi connectivity index (χ4v) is 3.99. The summed E-state index contributed by atoms with van der Waals surface area (Å²) in [6, 6.07) is 5.50. The van der Waals surface area contributed by atoms with Gasteiger partial charge in [-0.05, 0) is 24.6 Å². The first kappa shape index (κ1) is 20.3. The van der Waals surface area contributed by atoms with E-state index < -0.39 is 6.61 Å². The molecule has 2 aliphatic heterocycles. The first-order valence-corrected chi connectivity index (χ1v) is 9.86. The number of morpholine rings is 1. The Labute approximate surface area is 166 Å². The molecule has 0 saturated carbocycles. The fraction of sp³-hybridized carbons (Fsp3) is 0.611. The lowest BCUT2D eigenvalue weighted by Gasteiger charge is -2.32. The molecule has 0 radical (unpaired) electrons. The molecule has 2 saturated heterocycles. The quantitative estimate of drug-likeness (QED) is 0.556. The zero-order chi connectivity index (χ0) is 19.2. The lowest BCUT2D eigenvalue weighted by Crippen LogP contribution is -2.46. The van der Waals surface area contributed by atoms with E-state index in [9.17, 15) is 8.78 Å². The summed E-state index contributed by atoms with van der Waals surface area (Å²) >= 11 is 3.38. The van der Waals surface area contributed by atoms with Crippen molar-refractivity contribution in [1.29, 1.82) is 0 Å². The Kier molecular flexibility index (Phi) is 7.26. The van der Waals surface area contributed by atoms with Crippen molar-refractivity contribution in [3.63, 3.8) is 0 Å². The Bertz CT molecular complexity index is 656. The fourth-order valence-electron chi connectivity index (χ4n) is 3.58. The highest BCUT2D eigenvalue weighted by molar-refractivity contribution is 9.10. The van der Waals surface area contributed by atoms with Crippen LogP contribution in [0.3, 0.4) is 0 Å². The molecule has 1 N–H and O–H groups in total. The van der Waals surface area contributed by atoms with Gasteiger partial charge in [-0.1, -0.05) is 15.9 Å². The molecule has 0 aromatic heterocycles. The number of likely N-dealkylation sites (tertiary alicyclic amines) is 1. The van der Waals surface area contributed by atoms with E-state index in [1.165, 1.54) is 0 Å². The van der Waals surface area contributed by atoms with Crippen LogP contribution in [0.1, 0.15) is 12.0 Å². The highest BCUT2D eigenvalue weighted by Gasteiger charge is 2.30. The standard InChI is InChI=1S/C18H25BrF2N4O2/c1-22-18(25-5-4-15(12-25)24-6-8-26-9-7-24)23-11-13-10-14(19)2-3-16(13)27-17(20)21/h2-3,10,15,17H,4-9,11-12H2,1H3,(H,22,23). The zero-order valence-electron chi connectivity index (χ0n) is 15.3. The molecule has 0 amide bonds. The van der Waals surface area contributed by atoms with E-state index >= 15 is 0 Å². The Hall–Kier alpha value is -1.45. The van der Waals surface area contributed by atoms with Gasteiger partial charge < -0.3 is 19.7 Å². The second-order valence-corrected chi connectivity index (χ2v) is 7.48. The highest BCUT2D eigenvalue weighted by atomic mass is 79.9. The van der Waals surface area contributed by atoms with Crippen molar-refractivity contribution in [2.45, 2.75) is 25.6 Å². The molecule has 6 nitrogen and oxygen atoms in total. The summed E-state index contributed by atoms with van der Waals surface area (Å²) < 4.78 is 36.1. The molecule has 2 heterocycles. The van der Waals surface area contributed by atoms with Crippen LogP contribution < -0.4 is 10.1 Å². The Morgan fingerprint density at radius 2 is 2.15 bits per heavy atom. The molecule has 0 aliphatic carbocycles. The minimum atomic E-state index is -2.85. The van der Waals surface area contributed by atoms with E-state index in [1.807, 2.05) is 0 Å². The first-order chi connectivity index (χ1) is 13.1. The van der Waals surface area contributed by atoms with E-state index in [4.69, 9.17) is 4.74 Å². The van der Waals surface area contributed by atoms with Crippen molar-refractivity contribution in [2.24, 2.45) is 4.99 Å². The van der Waals surface area contributed by atoms with Gasteiger partial charge in [-0.3, -0.25) is 9.89 Å². The maximum atomic E-state index is 12.6. The number of nitrogens with one attached hydrogen (secondary N) is 1. The third-order valence-electron chi connectivity index (χ3n) is 4.91. The molecular weight excluding hydrogens is 422 g/mol. The SMILES string of the molecule is CN=C(NCc1cc(Br)ccc1OC(F)F)N1CCC(N2CCOCC2)C1. The smallest absolute Gasteiger partial charge is 0.387 e. The third kappa shape index (κ3) is 5.52. The van der Waals surface area contributed by atoms with Crippen LogP contribution in [0.4, 0.5) is 8.78 Å². The number of rotatable bonds is 5. The van der Waals surface area contributed by atoms with Crippen LogP contribution in [0.2, 0.25) is 0 Å². The summed E-state index contributed by atoms with van der Waals surface area (Å²) in [4.78, 5) is 9.05. The summed E-state index contributed by atoms with van der Waals surface area (Å²) in [6.07, 6.45) is 1.08. The van der Waals surface area contributed by atoms with Gasteiger partial charge in [-0.2, -0.15) is 8.78 Å². The number of halogens is 3. The summed E-state index contributed by atoms with van der Waals surface area (Å²) in [6.45, 7) is 2.84. The molecule has 150 valence electrons. The largest absolute Gasteiger partial charge is 0.434 e. The summed E-state index contributed by atoms with van der Waals surface area (Å²) in [5.41, 5.74) is 0.648. The Morgan fingerprint density at radius 3 is 2.85 bits per heavy atom. The van der Waals surface area contributed by atoms with Gasteiger partial charge in [0.25, 0.3) is 0 Å². The van der Waals surface area contributed by atoms with Crippen LogP contribution in [0.25, 0.3) is 0 Å². The van der Waals surface area contributed by atoms with Crippen molar-refractivity contribution >= 4 is 21.9 Å².